The highest BCUT2D eigenvalue weighted by Crippen LogP contribution is 2.25. The molecule has 3 aromatic carbocycles. The Labute approximate surface area is 209 Å². The number of carbonyl (C=O) groups is 2. The van der Waals surface area contributed by atoms with Gasteiger partial charge in [0, 0.05) is 56.0 Å². The van der Waals surface area contributed by atoms with E-state index in [4.69, 9.17) is 16.3 Å². The number of piperazine rings is 1. The van der Waals surface area contributed by atoms with Crippen molar-refractivity contribution in [2.75, 3.05) is 44.3 Å². The minimum atomic E-state index is -0.125. The number of benzene rings is 3. The summed E-state index contributed by atoms with van der Waals surface area (Å²) in [7, 11) is 0. The molecular formula is C27H27ClN4O3. The number of anilines is 1. The van der Waals surface area contributed by atoms with Crippen LogP contribution in [0.3, 0.4) is 0 Å². The summed E-state index contributed by atoms with van der Waals surface area (Å²) in [6.45, 7) is 4.19. The van der Waals surface area contributed by atoms with Crippen molar-refractivity contribution >= 4 is 45.6 Å². The third-order valence-corrected chi connectivity index (χ3v) is 6.68. The van der Waals surface area contributed by atoms with Gasteiger partial charge in [-0.15, -0.1) is 0 Å². The molecule has 0 bridgehead atoms. The predicted octanol–water partition coefficient (Wildman–Crippen LogP) is 4.20. The maximum Gasteiger partial charge on any atom is 0.270 e. The van der Waals surface area contributed by atoms with E-state index >= 15 is 0 Å². The summed E-state index contributed by atoms with van der Waals surface area (Å²) >= 11 is 5.95. The quantitative estimate of drug-likeness (QED) is 0.519. The number of ether oxygens (including phenoxy) is 1. The Morgan fingerprint density at radius 2 is 1.66 bits per heavy atom. The van der Waals surface area contributed by atoms with E-state index in [1.807, 2.05) is 29.2 Å². The number of halogens is 1. The maximum atomic E-state index is 13.1. The van der Waals surface area contributed by atoms with Crippen molar-refractivity contribution in [1.82, 2.24) is 9.80 Å². The summed E-state index contributed by atoms with van der Waals surface area (Å²) in [5.41, 5.74) is 1.03. The standard InChI is InChI=1S/C27H27ClN4O3/c28-21-8-10-22(11-9-21)32-26(33)13-12-24(29-32)27(34)31-16-14-30(15-17-31)18-19-35-25-7-3-5-20-4-1-2-6-23(20)25/h1-11H,12-19H2. The van der Waals surface area contributed by atoms with Crippen LogP contribution in [0, 0.1) is 0 Å². The van der Waals surface area contributed by atoms with Crippen LogP contribution in [-0.4, -0.2) is 66.7 Å². The highest BCUT2D eigenvalue weighted by Gasteiger charge is 2.30. The molecular weight excluding hydrogens is 464 g/mol. The summed E-state index contributed by atoms with van der Waals surface area (Å²) in [6.07, 6.45) is 0.625. The van der Waals surface area contributed by atoms with E-state index in [1.54, 1.807) is 24.3 Å². The molecule has 1 saturated heterocycles. The fourth-order valence-corrected chi connectivity index (χ4v) is 4.58. The van der Waals surface area contributed by atoms with Gasteiger partial charge in [0.05, 0.1) is 5.69 Å². The number of hydrazone groups is 1. The normalized spacial score (nSPS) is 16.9. The van der Waals surface area contributed by atoms with Crippen molar-refractivity contribution in [3.05, 3.63) is 71.8 Å². The molecule has 0 spiro atoms. The molecule has 0 atom stereocenters. The van der Waals surface area contributed by atoms with Gasteiger partial charge < -0.3 is 9.64 Å². The fraction of sp³-hybridized carbons (Fsp3) is 0.296. The van der Waals surface area contributed by atoms with Crippen molar-refractivity contribution in [3.63, 3.8) is 0 Å². The van der Waals surface area contributed by atoms with E-state index in [-0.39, 0.29) is 18.2 Å². The molecule has 0 N–H and O–H groups in total. The number of fused-ring (bicyclic) bond motifs is 1. The number of nitrogens with zero attached hydrogens (tertiary/aromatic N) is 4. The molecule has 0 saturated carbocycles. The van der Waals surface area contributed by atoms with Crippen LogP contribution in [-0.2, 0) is 9.59 Å². The Bertz CT molecular complexity index is 1250. The van der Waals surface area contributed by atoms with Gasteiger partial charge in [0.25, 0.3) is 5.91 Å². The molecule has 180 valence electrons. The molecule has 0 aliphatic carbocycles. The first-order valence-electron chi connectivity index (χ1n) is 11.9. The van der Waals surface area contributed by atoms with Gasteiger partial charge in [-0.2, -0.15) is 5.10 Å². The summed E-state index contributed by atoms with van der Waals surface area (Å²) < 4.78 is 6.08. The number of hydrogen-bond donors (Lipinski definition) is 0. The lowest BCUT2D eigenvalue weighted by atomic mass is 10.1. The van der Waals surface area contributed by atoms with Crippen LogP contribution in [0.2, 0.25) is 5.02 Å². The van der Waals surface area contributed by atoms with E-state index in [0.717, 1.165) is 30.8 Å². The summed E-state index contributed by atoms with van der Waals surface area (Å²) in [4.78, 5) is 29.6. The Morgan fingerprint density at radius 1 is 0.914 bits per heavy atom. The molecule has 2 aliphatic heterocycles. The zero-order valence-electron chi connectivity index (χ0n) is 19.4. The number of carbonyl (C=O) groups excluding carboxylic acids is 2. The topological polar surface area (TPSA) is 65.5 Å². The smallest absolute Gasteiger partial charge is 0.270 e. The molecule has 8 heteroatoms. The van der Waals surface area contributed by atoms with Crippen LogP contribution in [0.25, 0.3) is 10.8 Å². The minimum absolute atomic E-state index is 0.0943. The largest absolute Gasteiger partial charge is 0.492 e. The van der Waals surface area contributed by atoms with Crippen molar-refractivity contribution in [3.8, 4) is 5.75 Å². The highest BCUT2D eigenvalue weighted by molar-refractivity contribution is 6.40. The summed E-state index contributed by atoms with van der Waals surface area (Å²) in [5.74, 6) is 0.676. The molecule has 5 rings (SSSR count). The summed E-state index contributed by atoms with van der Waals surface area (Å²) in [6, 6.07) is 21.2. The highest BCUT2D eigenvalue weighted by atomic mass is 35.5. The third kappa shape index (κ3) is 5.31. The van der Waals surface area contributed by atoms with Gasteiger partial charge in [-0.05, 0) is 35.7 Å². The zero-order valence-corrected chi connectivity index (χ0v) is 20.2. The monoisotopic (exact) mass is 490 g/mol. The van der Waals surface area contributed by atoms with Gasteiger partial charge >= 0.3 is 0 Å². The van der Waals surface area contributed by atoms with E-state index in [2.05, 4.69) is 28.2 Å². The second kappa shape index (κ2) is 10.5. The van der Waals surface area contributed by atoms with Crippen LogP contribution in [0.15, 0.2) is 71.8 Å². The van der Waals surface area contributed by atoms with Crippen LogP contribution in [0.1, 0.15) is 12.8 Å². The Balaban J connectivity index is 1.14. The van der Waals surface area contributed by atoms with Gasteiger partial charge in [-0.25, -0.2) is 5.01 Å². The molecule has 0 aromatic heterocycles. The van der Waals surface area contributed by atoms with Gasteiger partial charge in [0.1, 0.15) is 18.1 Å². The number of amides is 2. The first-order valence-corrected chi connectivity index (χ1v) is 12.2. The molecule has 0 unspecified atom stereocenters. The lowest BCUT2D eigenvalue weighted by molar-refractivity contribution is -0.126. The number of hydrogen-bond acceptors (Lipinski definition) is 5. The van der Waals surface area contributed by atoms with E-state index < -0.39 is 0 Å². The molecule has 0 radical (unpaired) electrons. The Morgan fingerprint density at radius 3 is 2.46 bits per heavy atom. The van der Waals surface area contributed by atoms with Gasteiger partial charge in [0.2, 0.25) is 5.91 Å². The van der Waals surface area contributed by atoms with Gasteiger partial charge in [-0.3, -0.25) is 14.5 Å². The first kappa shape index (κ1) is 23.3. The molecule has 2 amide bonds. The predicted molar refractivity (Wildman–Crippen MR) is 138 cm³/mol. The van der Waals surface area contributed by atoms with Gasteiger partial charge in [0.15, 0.2) is 0 Å². The summed E-state index contributed by atoms with van der Waals surface area (Å²) in [5, 5.41) is 8.57. The Kier molecular flexibility index (Phi) is 6.97. The average Bonchev–Trinajstić information content (AvgIpc) is 2.90. The number of rotatable bonds is 6. The zero-order chi connectivity index (χ0) is 24.2. The average molecular weight is 491 g/mol. The van der Waals surface area contributed by atoms with Gasteiger partial charge in [-0.1, -0.05) is 48.0 Å². The minimum Gasteiger partial charge on any atom is -0.492 e. The fourth-order valence-electron chi connectivity index (χ4n) is 4.45. The van der Waals surface area contributed by atoms with E-state index in [1.165, 1.54) is 10.4 Å². The maximum absolute atomic E-state index is 13.1. The first-order chi connectivity index (χ1) is 17.1. The second-order valence-corrected chi connectivity index (χ2v) is 9.12. The third-order valence-electron chi connectivity index (χ3n) is 6.42. The molecule has 2 heterocycles. The van der Waals surface area contributed by atoms with E-state index in [9.17, 15) is 9.59 Å². The van der Waals surface area contributed by atoms with Crippen molar-refractivity contribution in [1.29, 1.82) is 0 Å². The molecule has 2 aliphatic rings. The second-order valence-electron chi connectivity index (χ2n) is 8.69. The lowest BCUT2D eigenvalue weighted by Gasteiger charge is -2.35. The molecule has 3 aromatic rings. The molecule has 1 fully saturated rings. The van der Waals surface area contributed by atoms with Crippen LogP contribution in [0.4, 0.5) is 5.69 Å². The SMILES string of the molecule is O=C(C1=NN(c2ccc(Cl)cc2)C(=O)CC1)N1CCN(CCOc2cccc3ccccc23)CC1. The van der Waals surface area contributed by atoms with Crippen molar-refractivity contribution in [2.45, 2.75) is 12.8 Å². The Hall–Kier alpha value is -3.42. The van der Waals surface area contributed by atoms with E-state index in [0.29, 0.717) is 42.5 Å². The van der Waals surface area contributed by atoms with Crippen LogP contribution in [0.5, 0.6) is 5.75 Å². The van der Waals surface area contributed by atoms with Crippen molar-refractivity contribution in [2.24, 2.45) is 5.10 Å². The molecule has 7 nitrogen and oxygen atoms in total. The van der Waals surface area contributed by atoms with Crippen molar-refractivity contribution < 1.29 is 14.3 Å². The van der Waals surface area contributed by atoms with Crippen LogP contribution < -0.4 is 9.75 Å². The molecule has 35 heavy (non-hydrogen) atoms. The lowest BCUT2D eigenvalue weighted by Crippen LogP contribution is -2.52. The van der Waals surface area contributed by atoms with Crippen LogP contribution >= 0.6 is 11.6 Å².